The van der Waals surface area contributed by atoms with Crippen molar-refractivity contribution in [2.45, 2.75) is 13.8 Å². The van der Waals surface area contributed by atoms with Crippen molar-refractivity contribution in [3.8, 4) is 0 Å². The lowest BCUT2D eigenvalue weighted by atomic mass is 10.1. The Morgan fingerprint density at radius 2 is 1.30 bits per heavy atom. The first-order valence-electron chi connectivity index (χ1n) is 5.82. The normalized spacial score (nSPS) is 16.0. The molecule has 0 atom stereocenters. The number of barbiturate groups is 1. The minimum Gasteiger partial charge on any atom is -0.268 e. The summed E-state index contributed by atoms with van der Waals surface area (Å²) in [5.74, 6) is -0.166. The number of carbonyl (C=O) groups excluding carboxylic acids is 3. The van der Waals surface area contributed by atoms with Crippen LogP contribution < -0.4 is 0 Å². The van der Waals surface area contributed by atoms with Gasteiger partial charge in [0, 0.05) is 20.2 Å². The fourth-order valence-corrected chi connectivity index (χ4v) is 1.81. The number of urea groups is 1. The van der Waals surface area contributed by atoms with Crippen LogP contribution in [0.25, 0.3) is 6.08 Å². The number of carbonyl (C=O) groups is 3. The molecule has 0 N–H and O–H groups in total. The summed E-state index contributed by atoms with van der Waals surface area (Å²) in [7, 11) is 2.62. The average molecular weight is 275 g/mol. The van der Waals surface area contributed by atoms with Crippen molar-refractivity contribution in [2.24, 2.45) is 0 Å². The van der Waals surface area contributed by atoms with Crippen molar-refractivity contribution < 1.29 is 14.4 Å². The Morgan fingerprint density at radius 1 is 0.850 bits per heavy atom. The van der Waals surface area contributed by atoms with E-state index in [1.54, 1.807) is 13.8 Å². The van der Waals surface area contributed by atoms with E-state index in [0.717, 1.165) is 9.80 Å². The zero-order valence-electron chi connectivity index (χ0n) is 11.5. The number of aromatic nitrogens is 3. The second-order valence-electron chi connectivity index (χ2n) is 4.36. The monoisotopic (exact) mass is 275 g/mol. The van der Waals surface area contributed by atoms with E-state index in [-0.39, 0.29) is 11.4 Å². The van der Waals surface area contributed by atoms with E-state index >= 15 is 0 Å². The number of imide groups is 2. The largest absolute Gasteiger partial charge is 0.333 e. The minimum absolute atomic E-state index is 0.153. The first-order chi connectivity index (χ1) is 9.31. The van der Waals surface area contributed by atoms with Crippen LogP contribution in [0.3, 0.4) is 0 Å². The predicted octanol–water partition coefficient (Wildman–Crippen LogP) is -0.0778. The Labute approximate surface area is 115 Å². The summed E-state index contributed by atoms with van der Waals surface area (Å²) in [6, 6.07) is -0.667. The topological polar surface area (TPSA) is 96.4 Å². The molecule has 1 aliphatic rings. The summed E-state index contributed by atoms with van der Waals surface area (Å²) < 4.78 is 0. The van der Waals surface area contributed by atoms with Crippen LogP contribution >= 0.6 is 0 Å². The van der Waals surface area contributed by atoms with Gasteiger partial charge >= 0.3 is 6.03 Å². The maximum absolute atomic E-state index is 12.0. The van der Waals surface area contributed by atoms with Crippen molar-refractivity contribution in [3.63, 3.8) is 0 Å². The summed E-state index contributed by atoms with van der Waals surface area (Å²) in [5.41, 5.74) is -0.153. The van der Waals surface area contributed by atoms with Crippen molar-refractivity contribution in [1.82, 2.24) is 24.8 Å². The third kappa shape index (κ3) is 2.27. The molecule has 0 unspecified atom stereocenters. The molecule has 1 aromatic rings. The van der Waals surface area contributed by atoms with Crippen LogP contribution in [0.1, 0.15) is 17.5 Å². The maximum Gasteiger partial charge on any atom is 0.333 e. The number of aryl methyl sites for hydroxylation is 2. The van der Waals surface area contributed by atoms with Crippen LogP contribution in [-0.2, 0) is 9.59 Å². The molecule has 0 radical (unpaired) electrons. The smallest absolute Gasteiger partial charge is 0.268 e. The molecule has 1 aliphatic heterocycles. The minimum atomic E-state index is -0.672. The van der Waals surface area contributed by atoms with Gasteiger partial charge in [0.25, 0.3) is 11.8 Å². The van der Waals surface area contributed by atoms with E-state index in [2.05, 4.69) is 15.0 Å². The molecule has 0 saturated carbocycles. The number of hydrogen-bond donors (Lipinski definition) is 0. The quantitative estimate of drug-likeness (QED) is 0.525. The van der Waals surface area contributed by atoms with Crippen LogP contribution in [-0.4, -0.2) is 56.7 Å². The van der Waals surface area contributed by atoms with Gasteiger partial charge in [-0.05, 0) is 13.8 Å². The van der Waals surface area contributed by atoms with Crippen molar-refractivity contribution in [2.75, 3.05) is 14.1 Å². The van der Waals surface area contributed by atoms with Crippen LogP contribution in [0.2, 0.25) is 0 Å². The van der Waals surface area contributed by atoms with Gasteiger partial charge in [-0.25, -0.2) is 19.7 Å². The van der Waals surface area contributed by atoms with Gasteiger partial charge in [-0.2, -0.15) is 0 Å². The summed E-state index contributed by atoms with van der Waals surface area (Å²) in [6.07, 6.45) is 1.27. The van der Waals surface area contributed by atoms with Gasteiger partial charge in [-0.15, -0.1) is 0 Å². The molecule has 0 spiro atoms. The maximum atomic E-state index is 12.0. The third-order valence-corrected chi connectivity index (χ3v) is 2.79. The van der Waals surface area contributed by atoms with Crippen molar-refractivity contribution in [3.05, 3.63) is 23.0 Å². The number of rotatable bonds is 1. The fraction of sp³-hybridized carbons (Fsp3) is 0.333. The number of hydrogen-bond acceptors (Lipinski definition) is 6. The molecular formula is C12H13N5O3. The van der Waals surface area contributed by atoms with E-state index in [4.69, 9.17) is 0 Å². The van der Waals surface area contributed by atoms with Gasteiger partial charge in [0.15, 0.2) is 5.82 Å². The third-order valence-electron chi connectivity index (χ3n) is 2.79. The van der Waals surface area contributed by atoms with Gasteiger partial charge in [0.05, 0.1) is 0 Å². The predicted molar refractivity (Wildman–Crippen MR) is 68.2 cm³/mol. The standard InChI is InChI=1S/C12H13N5O3/c1-6-13-7(2)15-9(14-6)5-8-10(18)16(3)12(20)17(4)11(8)19/h5H,1-4H3. The summed E-state index contributed by atoms with van der Waals surface area (Å²) in [6.45, 7) is 3.37. The average Bonchev–Trinajstić information content (AvgIpc) is 2.38. The Kier molecular flexibility index (Phi) is 3.31. The lowest BCUT2D eigenvalue weighted by Crippen LogP contribution is -2.52. The molecule has 0 bridgehead atoms. The van der Waals surface area contributed by atoms with Gasteiger partial charge in [-0.3, -0.25) is 19.4 Å². The van der Waals surface area contributed by atoms with E-state index in [1.807, 2.05) is 0 Å². The van der Waals surface area contributed by atoms with Gasteiger partial charge in [-0.1, -0.05) is 0 Å². The van der Waals surface area contributed by atoms with Crippen LogP contribution in [0.4, 0.5) is 4.79 Å². The van der Waals surface area contributed by atoms with Crippen LogP contribution in [0, 0.1) is 13.8 Å². The number of amides is 4. The van der Waals surface area contributed by atoms with E-state index in [1.165, 1.54) is 20.2 Å². The van der Waals surface area contributed by atoms with Crippen molar-refractivity contribution in [1.29, 1.82) is 0 Å². The first kappa shape index (κ1) is 13.8. The van der Waals surface area contributed by atoms with E-state index < -0.39 is 17.8 Å². The molecule has 104 valence electrons. The Bertz CT molecular complexity index is 606. The molecule has 20 heavy (non-hydrogen) atoms. The Morgan fingerprint density at radius 3 is 1.75 bits per heavy atom. The summed E-state index contributed by atoms with van der Waals surface area (Å²) in [4.78, 5) is 49.4. The second kappa shape index (κ2) is 4.80. The van der Waals surface area contributed by atoms with Crippen LogP contribution in [0.15, 0.2) is 5.57 Å². The molecular weight excluding hydrogens is 262 g/mol. The molecule has 2 heterocycles. The summed E-state index contributed by atoms with van der Waals surface area (Å²) in [5, 5.41) is 0. The zero-order valence-corrected chi connectivity index (χ0v) is 11.5. The highest BCUT2D eigenvalue weighted by molar-refractivity contribution is 6.30. The van der Waals surface area contributed by atoms with Gasteiger partial charge < -0.3 is 0 Å². The molecule has 1 fully saturated rings. The summed E-state index contributed by atoms with van der Waals surface area (Å²) >= 11 is 0. The highest BCUT2D eigenvalue weighted by atomic mass is 16.2. The molecule has 2 rings (SSSR count). The van der Waals surface area contributed by atoms with Crippen LogP contribution in [0.5, 0.6) is 0 Å². The molecule has 8 nitrogen and oxygen atoms in total. The van der Waals surface area contributed by atoms with E-state index in [9.17, 15) is 14.4 Å². The highest BCUT2D eigenvalue weighted by Crippen LogP contribution is 2.16. The Hall–Kier alpha value is -2.64. The second-order valence-corrected chi connectivity index (χ2v) is 4.36. The number of nitrogens with zero attached hydrogens (tertiary/aromatic N) is 5. The molecule has 1 aromatic heterocycles. The van der Waals surface area contributed by atoms with E-state index in [0.29, 0.717) is 11.6 Å². The molecule has 0 aromatic carbocycles. The number of likely N-dealkylation sites (N-methyl/N-ethyl adjacent to an activating group) is 2. The Balaban J connectivity index is 2.49. The molecule has 8 heteroatoms. The highest BCUT2D eigenvalue weighted by Gasteiger charge is 2.37. The molecule has 4 amide bonds. The lowest BCUT2D eigenvalue weighted by molar-refractivity contribution is -0.134. The first-order valence-corrected chi connectivity index (χ1v) is 5.82. The van der Waals surface area contributed by atoms with Gasteiger partial charge in [0.1, 0.15) is 17.2 Å². The van der Waals surface area contributed by atoms with Crippen molar-refractivity contribution >= 4 is 23.9 Å². The molecule has 0 aliphatic carbocycles. The lowest BCUT2D eigenvalue weighted by Gasteiger charge is -2.28. The molecule has 1 saturated heterocycles. The van der Waals surface area contributed by atoms with Gasteiger partial charge in [0.2, 0.25) is 0 Å². The zero-order chi connectivity index (χ0) is 15.0. The fourth-order valence-electron chi connectivity index (χ4n) is 1.81. The SMILES string of the molecule is Cc1nc(C)nc(C=C2C(=O)N(C)C(=O)N(C)C2=O)n1.